The van der Waals surface area contributed by atoms with E-state index >= 15 is 0 Å². The van der Waals surface area contributed by atoms with E-state index in [4.69, 9.17) is 0 Å². The number of amides is 1. The van der Waals surface area contributed by atoms with Gasteiger partial charge in [0.1, 0.15) is 5.82 Å². The second-order valence-electron chi connectivity index (χ2n) is 4.06. The van der Waals surface area contributed by atoms with Gasteiger partial charge in [-0.05, 0) is 33.0 Å². The number of pyridine rings is 1. The van der Waals surface area contributed by atoms with Crippen molar-refractivity contribution in [2.45, 2.75) is 19.9 Å². The third-order valence-electron chi connectivity index (χ3n) is 2.14. The van der Waals surface area contributed by atoms with Crippen LogP contribution in [0.15, 0.2) is 18.3 Å². The number of nitrogens with zero attached hydrogens (tertiary/aromatic N) is 1. The summed E-state index contributed by atoms with van der Waals surface area (Å²) in [6.07, 6.45) is 1.68. The van der Waals surface area contributed by atoms with Crippen LogP contribution in [-0.4, -0.2) is 37.1 Å². The summed E-state index contributed by atoms with van der Waals surface area (Å²) in [6, 6.07) is 3.78. The van der Waals surface area contributed by atoms with Gasteiger partial charge in [-0.25, -0.2) is 4.98 Å². The molecular weight excluding hydrogens is 216 g/mol. The van der Waals surface area contributed by atoms with Gasteiger partial charge in [-0.2, -0.15) is 0 Å². The molecule has 94 valence electrons. The van der Waals surface area contributed by atoms with Crippen molar-refractivity contribution in [3.8, 4) is 0 Å². The summed E-state index contributed by atoms with van der Waals surface area (Å²) >= 11 is 0. The summed E-state index contributed by atoms with van der Waals surface area (Å²) < 4.78 is 0. The molecule has 0 spiro atoms. The standard InChI is InChI=1S/C12H20N4O/c1-9(2)16-11-10(5-4-6-14-11)12(17)15-8-7-13-3/h4-6,9,13H,7-8H2,1-3H3,(H,14,16)(H,15,17). The van der Waals surface area contributed by atoms with Gasteiger partial charge in [-0.1, -0.05) is 0 Å². The molecule has 0 aliphatic rings. The predicted octanol–water partition coefficient (Wildman–Crippen LogP) is 0.851. The molecule has 5 heteroatoms. The minimum Gasteiger partial charge on any atom is -0.367 e. The topological polar surface area (TPSA) is 66.0 Å². The molecule has 0 saturated carbocycles. The molecule has 0 unspecified atom stereocenters. The van der Waals surface area contributed by atoms with Crippen LogP contribution in [0.4, 0.5) is 5.82 Å². The molecule has 0 radical (unpaired) electrons. The van der Waals surface area contributed by atoms with Gasteiger partial charge in [-0.15, -0.1) is 0 Å². The van der Waals surface area contributed by atoms with Crippen LogP contribution in [0.5, 0.6) is 0 Å². The predicted molar refractivity (Wildman–Crippen MR) is 69.3 cm³/mol. The maximum Gasteiger partial charge on any atom is 0.255 e. The van der Waals surface area contributed by atoms with E-state index < -0.39 is 0 Å². The zero-order valence-electron chi connectivity index (χ0n) is 10.6. The normalized spacial score (nSPS) is 10.4. The summed E-state index contributed by atoms with van der Waals surface area (Å²) in [6.45, 7) is 5.37. The van der Waals surface area contributed by atoms with Crippen LogP contribution in [0.2, 0.25) is 0 Å². The first-order chi connectivity index (χ1) is 8.15. The van der Waals surface area contributed by atoms with Gasteiger partial charge in [-0.3, -0.25) is 4.79 Å². The largest absolute Gasteiger partial charge is 0.367 e. The molecule has 0 aliphatic carbocycles. The number of nitrogens with one attached hydrogen (secondary N) is 3. The zero-order valence-corrected chi connectivity index (χ0v) is 10.6. The molecule has 0 bridgehead atoms. The Balaban J connectivity index is 2.71. The minimum atomic E-state index is -0.100. The Bertz CT molecular complexity index is 365. The van der Waals surface area contributed by atoms with Crippen molar-refractivity contribution in [2.24, 2.45) is 0 Å². The van der Waals surface area contributed by atoms with Crippen molar-refractivity contribution in [2.75, 3.05) is 25.5 Å². The lowest BCUT2D eigenvalue weighted by molar-refractivity contribution is 0.0954. The lowest BCUT2D eigenvalue weighted by Crippen LogP contribution is -2.31. The maximum absolute atomic E-state index is 11.9. The zero-order chi connectivity index (χ0) is 12.7. The first kappa shape index (κ1) is 13.4. The summed E-state index contributed by atoms with van der Waals surface area (Å²) in [7, 11) is 1.85. The quantitative estimate of drug-likeness (QED) is 0.641. The van der Waals surface area contributed by atoms with Crippen LogP contribution in [0.25, 0.3) is 0 Å². The number of likely N-dealkylation sites (N-methyl/N-ethyl adjacent to an activating group) is 1. The van der Waals surface area contributed by atoms with E-state index in [0.29, 0.717) is 17.9 Å². The molecule has 0 aromatic carbocycles. The number of hydrogen-bond donors (Lipinski definition) is 3. The smallest absolute Gasteiger partial charge is 0.255 e. The van der Waals surface area contributed by atoms with Crippen LogP contribution in [0.1, 0.15) is 24.2 Å². The molecule has 3 N–H and O–H groups in total. The van der Waals surface area contributed by atoms with Crippen molar-refractivity contribution >= 4 is 11.7 Å². The van der Waals surface area contributed by atoms with E-state index in [1.807, 2.05) is 20.9 Å². The Labute approximate surface area is 102 Å². The fraction of sp³-hybridized carbons (Fsp3) is 0.500. The molecule has 1 aromatic heterocycles. The fourth-order valence-corrected chi connectivity index (χ4v) is 1.37. The van der Waals surface area contributed by atoms with Gasteiger partial charge in [0.25, 0.3) is 5.91 Å². The fourth-order valence-electron chi connectivity index (χ4n) is 1.37. The van der Waals surface area contributed by atoms with Gasteiger partial charge in [0.2, 0.25) is 0 Å². The first-order valence-electron chi connectivity index (χ1n) is 5.79. The number of aromatic nitrogens is 1. The molecule has 1 aromatic rings. The first-order valence-corrected chi connectivity index (χ1v) is 5.79. The molecule has 0 saturated heterocycles. The van der Waals surface area contributed by atoms with Crippen LogP contribution in [0, 0.1) is 0 Å². The number of rotatable bonds is 6. The van der Waals surface area contributed by atoms with Gasteiger partial charge < -0.3 is 16.0 Å². The highest BCUT2D eigenvalue weighted by molar-refractivity contribution is 5.98. The third-order valence-corrected chi connectivity index (χ3v) is 2.14. The van der Waals surface area contributed by atoms with E-state index in [1.54, 1.807) is 18.3 Å². The van der Waals surface area contributed by atoms with Crippen molar-refractivity contribution in [3.63, 3.8) is 0 Å². The molecule has 0 fully saturated rings. The van der Waals surface area contributed by atoms with Gasteiger partial charge >= 0.3 is 0 Å². The van der Waals surface area contributed by atoms with E-state index in [2.05, 4.69) is 20.9 Å². The number of hydrogen-bond acceptors (Lipinski definition) is 4. The molecule has 5 nitrogen and oxygen atoms in total. The molecule has 0 atom stereocenters. The Kier molecular flexibility index (Phi) is 5.42. The summed E-state index contributed by atoms with van der Waals surface area (Å²) in [5.41, 5.74) is 0.581. The summed E-state index contributed by atoms with van der Waals surface area (Å²) in [5, 5.41) is 8.96. The van der Waals surface area contributed by atoms with Gasteiger partial charge in [0.05, 0.1) is 5.56 Å². The highest BCUT2D eigenvalue weighted by Gasteiger charge is 2.11. The Morgan fingerprint density at radius 3 is 2.82 bits per heavy atom. The monoisotopic (exact) mass is 236 g/mol. The van der Waals surface area contributed by atoms with Gasteiger partial charge in [0.15, 0.2) is 0 Å². The molecule has 0 aliphatic heterocycles. The molecule has 1 heterocycles. The van der Waals surface area contributed by atoms with E-state index in [0.717, 1.165) is 6.54 Å². The van der Waals surface area contributed by atoms with Crippen molar-refractivity contribution < 1.29 is 4.79 Å². The second-order valence-corrected chi connectivity index (χ2v) is 4.06. The highest BCUT2D eigenvalue weighted by atomic mass is 16.1. The van der Waals surface area contributed by atoms with Crippen molar-refractivity contribution in [1.82, 2.24) is 15.6 Å². The van der Waals surface area contributed by atoms with Gasteiger partial charge in [0, 0.05) is 25.3 Å². The third kappa shape index (κ3) is 4.40. The maximum atomic E-state index is 11.9. The van der Waals surface area contributed by atoms with E-state index in [1.165, 1.54) is 0 Å². The van der Waals surface area contributed by atoms with E-state index in [9.17, 15) is 4.79 Å². The molecule has 17 heavy (non-hydrogen) atoms. The van der Waals surface area contributed by atoms with Crippen LogP contribution < -0.4 is 16.0 Å². The van der Waals surface area contributed by atoms with Crippen molar-refractivity contribution in [1.29, 1.82) is 0 Å². The summed E-state index contributed by atoms with van der Waals surface area (Å²) in [4.78, 5) is 16.1. The highest BCUT2D eigenvalue weighted by Crippen LogP contribution is 2.12. The Hall–Kier alpha value is -1.62. The average Bonchev–Trinajstić information content (AvgIpc) is 2.29. The molecular formula is C12H20N4O. The minimum absolute atomic E-state index is 0.100. The average molecular weight is 236 g/mol. The van der Waals surface area contributed by atoms with Crippen LogP contribution in [-0.2, 0) is 0 Å². The SMILES string of the molecule is CNCCNC(=O)c1cccnc1NC(C)C. The Morgan fingerprint density at radius 2 is 2.18 bits per heavy atom. The van der Waals surface area contributed by atoms with Crippen LogP contribution >= 0.6 is 0 Å². The van der Waals surface area contributed by atoms with E-state index in [-0.39, 0.29) is 11.9 Å². The number of anilines is 1. The number of carbonyl (C=O) groups excluding carboxylic acids is 1. The Morgan fingerprint density at radius 1 is 1.41 bits per heavy atom. The second kappa shape index (κ2) is 6.85. The lowest BCUT2D eigenvalue weighted by Gasteiger charge is -2.13. The molecule has 1 amide bonds. The van der Waals surface area contributed by atoms with Crippen LogP contribution in [0.3, 0.4) is 0 Å². The van der Waals surface area contributed by atoms with Crippen molar-refractivity contribution in [3.05, 3.63) is 23.9 Å². The number of carbonyl (C=O) groups is 1. The lowest BCUT2D eigenvalue weighted by atomic mass is 10.2. The molecule has 1 rings (SSSR count). The summed E-state index contributed by atoms with van der Waals surface area (Å²) in [5.74, 6) is 0.529.